The molecule has 0 heterocycles. The summed E-state index contributed by atoms with van der Waals surface area (Å²) in [5, 5.41) is 0. The zero-order chi connectivity index (χ0) is 13.3. The highest BCUT2D eigenvalue weighted by molar-refractivity contribution is 9.10. The zero-order valence-corrected chi connectivity index (χ0v) is 12.0. The van der Waals surface area contributed by atoms with Gasteiger partial charge in [-0.15, -0.1) is 0 Å². The van der Waals surface area contributed by atoms with E-state index in [4.69, 9.17) is 5.73 Å². The van der Waals surface area contributed by atoms with Crippen molar-refractivity contribution in [3.8, 4) is 0 Å². The molecule has 1 aromatic rings. The van der Waals surface area contributed by atoms with Gasteiger partial charge in [0.25, 0.3) is 0 Å². The Morgan fingerprint density at radius 3 is 2.72 bits per heavy atom. The molecule has 0 aromatic heterocycles. The fourth-order valence-corrected chi connectivity index (χ4v) is 3.70. The molecule has 1 atom stereocenters. The molecule has 18 heavy (non-hydrogen) atoms. The predicted octanol–water partition coefficient (Wildman–Crippen LogP) is 1.60. The highest BCUT2D eigenvalue weighted by atomic mass is 79.9. The van der Waals surface area contributed by atoms with Crippen LogP contribution in [-0.4, -0.2) is 21.0 Å². The van der Waals surface area contributed by atoms with Crippen LogP contribution >= 0.6 is 15.9 Å². The van der Waals surface area contributed by atoms with Crippen molar-refractivity contribution in [1.82, 2.24) is 4.72 Å². The summed E-state index contributed by atoms with van der Waals surface area (Å²) in [6, 6.07) is 3.86. The fourth-order valence-electron chi connectivity index (χ4n) is 1.79. The van der Waals surface area contributed by atoms with Crippen molar-refractivity contribution in [3.05, 3.63) is 28.5 Å². The third-order valence-corrected chi connectivity index (χ3v) is 5.08. The molecule has 0 saturated heterocycles. The Hall–Kier alpha value is -0.500. The normalized spacial score (nSPS) is 17.7. The summed E-state index contributed by atoms with van der Waals surface area (Å²) in [7, 11) is -3.86. The highest BCUT2D eigenvalue weighted by Crippen LogP contribution is 2.33. The molecular formula is C11H14BrFN2O2S. The van der Waals surface area contributed by atoms with E-state index in [1.165, 1.54) is 18.2 Å². The molecule has 1 saturated carbocycles. The Morgan fingerprint density at radius 1 is 1.50 bits per heavy atom. The summed E-state index contributed by atoms with van der Waals surface area (Å²) in [4.78, 5) is -0.351. The average molecular weight is 337 g/mol. The van der Waals surface area contributed by atoms with Gasteiger partial charge in [0.15, 0.2) is 5.82 Å². The van der Waals surface area contributed by atoms with E-state index in [1.807, 2.05) is 0 Å². The number of sulfonamides is 1. The van der Waals surface area contributed by atoms with Gasteiger partial charge in [-0.3, -0.25) is 0 Å². The minimum absolute atomic E-state index is 0.126. The maximum Gasteiger partial charge on any atom is 0.243 e. The minimum Gasteiger partial charge on any atom is -0.329 e. The largest absolute Gasteiger partial charge is 0.329 e. The van der Waals surface area contributed by atoms with Crippen molar-refractivity contribution < 1.29 is 12.8 Å². The van der Waals surface area contributed by atoms with Crippen LogP contribution < -0.4 is 10.5 Å². The van der Waals surface area contributed by atoms with Crippen LogP contribution in [0.25, 0.3) is 0 Å². The smallest absolute Gasteiger partial charge is 0.243 e. The van der Waals surface area contributed by atoms with Crippen LogP contribution in [0.2, 0.25) is 0 Å². The van der Waals surface area contributed by atoms with Gasteiger partial charge in [0.2, 0.25) is 10.0 Å². The number of halogens is 2. The van der Waals surface area contributed by atoms with Gasteiger partial charge in [0.05, 0.1) is 4.47 Å². The zero-order valence-electron chi connectivity index (χ0n) is 9.57. The standard InChI is InChI=1S/C11H14BrFN2O2S/c12-8-2-1-3-10(11(8)13)18(16,17)15-9(6-14)7-4-5-7/h1-3,7,9,15H,4-6,14H2. The second-order valence-corrected chi connectivity index (χ2v) is 6.89. The molecule has 0 radical (unpaired) electrons. The van der Waals surface area contributed by atoms with Crippen LogP contribution in [0.4, 0.5) is 4.39 Å². The van der Waals surface area contributed by atoms with E-state index in [0.29, 0.717) is 0 Å². The Bertz CT molecular complexity index is 546. The maximum absolute atomic E-state index is 13.8. The predicted molar refractivity (Wildman–Crippen MR) is 70.0 cm³/mol. The van der Waals surface area contributed by atoms with Gasteiger partial charge in [-0.2, -0.15) is 0 Å². The van der Waals surface area contributed by atoms with E-state index < -0.39 is 15.8 Å². The molecule has 0 amide bonds. The van der Waals surface area contributed by atoms with Gasteiger partial charge in [0.1, 0.15) is 4.90 Å². The molecule has 0 bridgehead atoms. The van der Waals surface area contributed by atoms with Crippen molar-refractivity contribution in [2.75, 3.05) is 6.54 Å². The lowest BCUT2D eigenvalue weighted by atomic mass is 10.2. The lowest BCUT2D eigenvalue weighted by Gasteiger charge is -2.16. The van der Waals surface area contributed by atoms with Crippen LogP contribution in [0.3, 0.4) is 0 Å². The Balaban J connectivity index is 2.27. The maximum atomic E-state index is 13.8. The topological polar surface area (TPSA) is 72.2 Å². The number of nitrogens with one attached hydrogen (secondary N) is 1. The monoisotopic (exact) mass is 336 g/mol. The van der Waals surface area contributed by atoms with Gasteiger partial charge in [-0.1, -0.05) is 6.07 Å². The first-order chi connectivity index (χ1) is 8.45. The first kappa shape index (κ1) is 13.9. The second-order valence-electron chi connectivity index (χ2n) is 4.35. The second kappa shape index (κ2) is 5.24. The molecule has 1 aliphatic carbocycles. The van der Waals surface area contributed by atoms with E-state index in [-0.39, 0.29) is 27.9 Å². The Kier molecular flexibility index (Phi) is 4.05. The first-order valence-electron chi connectivity index (χ1n) is 5.62. The van der Waals surface area contributed by atoms with Crippen molar-refractivity contribution >= 4 is 26.0 Å². The summed E-state index contributed by atoms with van der Waals surface area (Å²) in [6.45, 7) is 0.222. The summed E-state index contributed by atoms with van der Waals surface area (Å²) in [6.07, 6.45) is 1.93. The lowest BCUT2D eigenvalue weighted by molar-refractivity contribution is 0.510. The van der Waals surface area contributed by atoms with Crippen molar-refractivity contribution in [1.29, 1.82) is 0 Å². The van der Waals surface area contributed by atoms with E-state index in [9.17, 15) is 12.8 Å². The van der Waals surface area contributed by atoms with E-state index >= 15 is 0 Å². The molecule has 4 nitrogen and oxygen atoms in total. The molecule has 1 unspecified atom stereocenters. The molecule has 1 aromatic carbocycles. The van der Waals surface area contributed by atoms with Crippen molar-refractivity contribution in [3.63, 3.8) is 0 Å². The van der Waals surface area contributed by atoms with Gasteiger partial charge < -0.3 is 5.73 Å². The molecule has 1 fully saturated rings. The number of hydrogen-bond donors (Lipinski definition) is 2. The van der Waals surface area contributed by atoms with Gasteiger partial charge in [-0.05, 0) is 46.8 Å². The minimum atomic E-state index is -3.86. The molecule has 100 valence electrons. The van der Waals surface area contributed by atoms with Gasteiger partial charge in [0, 0.05) is 12.6 Å². The van der Waals surface area contributed by atoms with Crippen LogP contribution in [0.15, 0.2) is 27.6 Å². The molecule has 1 aliphatic rings. The number of hydrogen-bond acceptors (Lipinski definition) is 3. The average Bonchev–Trinajstić information content (AvgIpc) is 3.13. The Morgan fingerprint density at radius 2 is 2.17 bits per heavy atom. The number of rotatable bonds is 5. The van der Waals surface area contributed by atoms with Crippen molar-refractivity contribution in [2.24, 2.45) is 11.7 Å². The molecular weight excluding hydrogens is 323 g/mol. The first-order valence-corrected chi connectivity index (χ1v) is 7.89. The quantitative estimate of drug-likeness (QED) is 0.857. The SMILES string of the molecule is NCC(NS(=O)(=O)c1cccc(Br)c1F)C1CC1. The van der Waals surface area contributed by atoms with Crippen LogP contribution in [0, 0.1) is 11.7 Å². The molecule has 0 spiro atoms. The summed E-state index contributed by atoms with van der Waals surface area (Å²) >= 11 is 2.97. The molecule has 0 aliphatic heterocycles. The third-order valence-electron chi connectivity index (χ3n) is 2.96. The van der Waals surface area contributed by atoms with E-state index in [0.717, 1.165) is 12.8 Å². The van der Waals surface area contributed by atoms with Crippen LogP contribution in [0.5, 0.6) is 0 Å². The summed E-state index contributed by atoms with van der Waals surface area (Å²) < 4.78 is 40.5. The molecule has 2 rings (SSSR count). The fraction of sp³-hybridized carbons (Fsp3) is 0.455. The summed E-state index contributed by atoms with van der Waals surface area (Å²) in [5.74, 6) is -0.503. The number of nitrogens with two attached hydrogens (primary N) is 1. The van der Waals surface area contributed by atoms with Gasteiger partial charge >= 0.3 is 0 Å². The van der Waals surface area contributed by atoms with E-state index in [2.05, 4.69) is 20.7 Å². The Labute approximate surface area is 114 Å². The lowest BCUT2D eigenvalue weighted by Crippen LogP contribution is -2.41. The van der Waals surface area contributed by atoms with Crippen LogP contribution in [-0.2, 0) is 10.0 Å². The van der Waals surface area contributed by atoms with Crippen molar-refractivity contribution in [2.45, 2.75) is 23.8 Å². The highest BCUT2D eigenvalue weighted by Gasteiger charge is 2.34. The van der Waals surface area contributed by atoms with E-state index in [1.54, 1.807) is 0 Å². The molecule has 7 heteroatoms. The van der Waals surface area contributed by atoms with Crippen LogP contribution in [0.1, 0.15) is 12.8 Å². The number of benzene rings is 1. The molecule has 3 N–H and O–H groups in total. The van der Waals surface area contributed by atoms with Gasteiger partial charge in [-0.25, -0.2) is 17.5 Å². The summed E-state index contributed by atoms with van der Waals surface area (Å²) in [5.41, 5.74) is 5.54. The third kappa shape index (κ3) is 2.90.